The first kappa shape index (κ1) is 20.3. The molecule has 0 saturated carbocycles. The van der Waals surface area contributed by atoms with Crippen molar-refractivity contribution < 1.29 is 9.59 Å². The maximum absolute atomic E-state index is 12.1. The fourth-order valence-electron chi connectivity index (χ4n) is 3.03. The standard InChI is InChI=1S/C19H23N7O3/c1-4-5-10-19(23-24-19)11-12-20-15(27)8-9-16(28)21-14-7-6-13-17(22-14)26(3)18(29)25(13)2/h1,6-7H,5,8-12H2,2-3H3,(H,20,27)(H,21,22,28). The van der Waals surface area contributed by atoms with E-state index in [9.17, 15) is 14.4 Å². The minimum atomic E-state index is -0.432. The van der Waals surface area contributed by atoms with Crippen LogP contribution in [0.5, 0.6) is 0 Å². The molecule has 10 nitrogen and oxygen atoms in total. The first-order chi connectivity index (χ1) is 13.8. The highest BCUT2D eigenvalue weighted by atomic mass is 16.2. The van der Waals surface area contributed by atoms with E-state index in [1.54, 1.807) is 26.2 Å². The summed E-state index contributed by atoms with van der Waals surface area (Å²) >= 11 is 0. The van der Waals surface area contributed by atoms with Gasteiger partial charge in [-0.3, -0.25) is 18.7 Å². The predicted octanol–water partition coefficient (Wildman–Crippen LogP) is 1.07. The van der Waals surface area contributed by atoms with Gasteiger partial charge in [-0.15, -0.1) is 12.3 Å². The maximum atomic E-state index is 12.1. The molecule has 0 saturated heterocycles. The molecule has 0 unspecified atom stereocenters. The SMILES string of the molecule is C#CCCC1(CCNC(=O)CCC(=O)Nc2ccc3c(n2)n(C)c(=O)n3C)N=N1. The number of aromatic nitrogens is 3. The minimum Gasteiger partial charge on any atom is -0.356 e. The Morgan fingerprint density at radius 2 is 1.86 bits per heavy atom. The van der Waals surface area contributed by atoms with E-state index in [0.29, 0.717) is 42.8 Å². The maximum Gasteiger partial charge on any atom is 0.329 e. The summed E-state index contributed by atoms with van der Waals surface area (Å²) in [7, 11) is 3.28. The topological polar surface area (TPSA) is 123 Å². The highest BCUT2D eigenvalue weighted by Gasteiger charge is 2.38. The lowest BCUT2D eigenvalue weighted by Gasteiger charge is -2.10. The van der Waals surface area contributed by atoms with Gasteiger partial charge in [0.05, 0.1) is 5.52 Å². The van der Waals surface area contributed by atoms with Gasteiger partial charge in [0.2, 0.25) is 11.8 Å². The number of nitrogens with zero attached hydrogens (tertiary/aromatic N) is 5. The molecule has 1 aliphatic heterocycles. The summed E-state index contributed by atoms with van der Waals surface area (Å²) in [5.74, 6) is 2.34. The number of hydrogen-bond acceptors (Lipinski definition) is 6. The Morgan fingerprint density at radius 3 is 2.55 bits per heavy atom. The van der Waals surface area contributed by atoms with Crippen molar-refractivity contribution in [3.05, 3.63) is 22.6 Å². The highest BCUT2D eigenvalue weighted by molar-refractivity contribution is 5.93. The molecule has 0 spiro atoms. The molecule has 0 radical (unpaired) electrons. The van der Waals surface area contributed by atoms with Gasteiger partial charge >= 0.3 is 5.69 Å². The van der Waals surface area contributed by atoms with Gasteiger partial charge in [0.1, 0.15) is 5.82 Å². The van der Waals surface area contributed by atoms with Gasteiger partial charge in [0.15, 0.2) is 11.3 Å². The molecule has 2 aromatic rings. The third-order valence-corrected chi connectivity index (χ3v) is 4.85. The van der Waals surface area contributed by atoms with Crippen LogP contribution >= 0.6 is 0 Å². The summed E-state index contributed by atoms with van der Waals surface area (Å²) in [6.45, 7) is 0.429. The largest absolute Gasteiger partial charge is 0.356 e. The molecule has 3 rings (SSSR count). The summed E-state index contributed by atoms with van der Waals surface area (Å²) in [5.41, 5.74) is 0.519. The van der Waals surface area contributed by atoms with E-state index >= 15 is 0 Å². The number of pyridine rings is 1. The number of imidazole rings is 1. The van der Waals surface area contributed by atoms with Gasteiger partial charge in [-0.1, -0.05) is 0 Å². The van der Waals surface area contributed by atoms with Crippen LogP contribution in [0.3, 0.4) is 0 Å². The summed E-state index contributed by atoms with van der Waals surface area (Å²) in [6, 6.07) is 3.34. The van der Waals surface area contributed by atoms with Gasteiger partial charge in [0.25, 0.3) is 0 Å². The zero-order valence-corrected chi connectivity index (χ0v) is 16.4. The third-order valence-electron chi connectivity index (χ3n) is 4.85. The van der Waals surface area contributed by atoms with Crippen molar-refractivity contribution >= 4 is 28.8 Å². The molecule has 0 aromatic carbocycles. The van der Waals surface area contributed by atoms with Gasteiger partial charge in [0, 0.05) is 52.7 Å². The smallest absolute Gasteiger partial charge is 0.329 e. The van der Waals surface area contributed by atoms with Crippen molar-refractivity contribution in [2.75, 3.05) is 11.9 Å². The van der Waals surface area contributed by atoms with E-state index in [-0.39, 0.29) is 30.3 Å². The van der Waals surface area contributed by atoms with E-state index in [2.05, 4.69) is 31.8 Å². The van der Waals surface area contributed by atoms with Crippen molar-refractivity contribution in [1.82, 2.24) is 19.4 Å². The van der Waals surface area contributed by atoms with Crippen molar-refractivity contribution in [2.45, 2.75) is 37.8 Å². The molecule has 29 heavy (non-hydrogen) atoms. The molecule has 0 atom stereocenters. The average molecular weight is 397 g/mol. The van der Waals surface area contributed by atoms with E-state index in [1.807, 2.05) is 0 Å². The molecule has 0 fully saturated rings. The average Bonchev–Trinajstić information content (AvgIpc) is 3.45. The fourth-order valence-corrected chi connectivity index (χ4v) is 3.03. The van der Waals surface area contributed by atoms with Crippen LogP contribution in [0.15, 0.2) is 27.2 Å². The number of amides is 2. The lowest BCUT2D eigenvalue weighted by molar-refractivity contribution is -0.124. The van der Waals surface area contributed by atoms with Gasteiger partial charge in [-0.2, -0.15) is 10.2 Å². The van der Waals surface area contributed by atoms with Crippen LogP contribution < -0.4 is 16.3 Å². The summed E-state index contributed by atoms with van der Waals surface area (Å²) in [6.07, 6.45) is 7.21. The van der Waals surface area contributed by atoms with Crippen LogP contribution in [0.4, 0.5) is 5.82 Å². The molecule has 2 amide bonds. The third kappa shape index (κ3) is 4.68. The molecule has 3 heterocycles. The van der Waals surface area contributed by atoms with Crippen LogP contribution in [0, 0.1) is 12.3 Å². The van der Waals surface area contributed by atoms with Gasteiger partial charge in [-0.05, 0) is 12.1 Å². The number of fused-ring (bicyclic) bond motifs is 1. The molecular weight excluding hydrogens is 374 g/mol. The molecule has 10 heteroatoms. The zero-order chi connectivity index (χ0) is 21.0. The minimum absolute atomic E-state index is 0.0241. The first-order valence-corrected chi connectivity index (χ1v) is 9.32. The Balaban J connectivity index is 1.43. The Bertz CT molecular complexity index is 1070. The fraction of sp³-hybridized carbons (Fsp3) is 0.474. The van der Waals surface area contributed by atoms with Crippen molar-refractivity contribution in [2.24, 2.45) is 24.3 Å². The van der Waals surface area contributed by atoms with Crippen molar-refractivity contribution in [1.29, 1.82) is 0 Å². The number of nitrogens with one attached hydrogen (secondary N) is 2. The second-order valence-corrected chi connectivity index (χ2v) is 6.97. The first-order valence-electron chi connectivity index (χ1n) is 9.32. The summed E-state index contributed by atoms with van der Waals surface area (Å²) in [5, 5.41) is 13.4. The molecule has 0 bridgehead atoms. The quantitative estimate of drug-likeness (QED) is 0.615. The van der Waals surface area contributed by atoms with Crippen LogP contribution in [-0.2, 0) is 23.7 Å². The monoisotopic (exact) mass is 397 g/mol. The Morgan fingerprint density at radius 1 is 1.14 bits per heavy atom. The Kier molecular flexibility index (Phi) is 5.77. The van der Waals surface area contributed by atoms with E-state index in [4.69, 9.17) is 6.42 Å². The molecular formula is C19H23N7O3. The van der Waals surface area contributed by atoms with Crippen molar-refractivity contribution in [3.8, 4) is 12.3 Å². The second-order valence-electron chi connectivity index (χ2n) is 6.97. The second kappa shape index (κ2) is 8.26. The van der Waals surface area contributed by atoms with Crippen LogP contribution in [-0.4, -0.2) is 38.1 Å². The molecule has 152 valence electrons. The van der Waals surface area contributed by atoms with E-state index in [1.165, 1.54) is 9.13 Å². The molecule has 2 N–H and O–H groups in total. The highest BCUT2D eigenvalue weighted by Crippen LogP contribution is 2.35. The summed E-state index contributed by atoms with van der Waals surface area (Å²) < 4.78 is 2.89. The number of anilines is 1. The number of terminal acetylenes is 1. The van der Waals surface area contributed by atoms with E-state index < -0.39 is 5.66 Å². The molecule has 0 aliphatic carbocycles. The normalized spacial score (nSPS) is 13.8. The molecule has 2 aromatic heterocycles. The number of hydrogen-bond donors (Lipinski definition) is 2. The van der Waals surface area contributed by atoms with E-state index in [0.717, 1.165) is 0 Å². The Labute approximate surface area is 167 Å². The number of carbonyl (C=O) groups is 2. The number of carbonyl (C=O) groups excluding carboxylic acids is 2. The predicted molar refractivity (Wildman–Crippen MR) is 107 cm³/mol. The zero-order valence-electron chi connectivity index (χ0n) is 16.4. The lowest BCUT2D eigenvalue weighted by atomic mass is 10.0. The van der Waals surface area contributed by atoms with Crippen LogP contribution in [0.2, 0.25) is 0 Å². The summed E-state index contributed by atoms with van der Waals surface area (Å²) in [4.78, 5) is 40.3. The van der Waals surface area contributed by atoms with Crippen LogP contribution in [0.1, 0.15) is 32.1 Å². The Hall–Kier alpha value is -3.48. The van der Waals surface area contributed by atoms with Crippen LogP contribution in [0.25, 0.3) is 11.2 Å². The number of rotatable bonds is 9. The lowest BCUT2D eigenvalue weighted by Crippen LogP contribution is -2.29. The van der Waals surface area contributed by atoms with Gasteiger partial charge in [-0.25, -0.2) is 9.78 Å². The van der Waals surface area contributed by atoms with Crippen molar-refractivity contribution in [3.63, 3.8) is 0 Å². The van der Waals surface area contributed by atoms with Gasteiger partial charge < -0.3 is 10.6 Å². The number of aryl methyl sites for hydroxylation is 2. The molecule has 1 aliphatic rings.